The van der Waals surface area contributed by atoms with Gasteiger partial charge in [0.05, 0.1) is 5.60 Å². The third-order valence-electron chi connectivity index (χ3n) is 2.86. The second kappa shape index (κ2) is 7.26. The predicted octanol–water partition coefficient (Wildman–Crippen LogP) is 1.95. The molecule has 106 valence electrons. The lowest BCUT2D eigenvalue weighted by Gasteiger charge is -2.25. The highest BCUT2D eigenvalue weighted by Crippen LogP contribution is 2.08. The third kappa shape index (κ3) is 5.41. The van der Waals surface area contributed by atoms with E-state index in [0.29, 0.717) is 5.56 Å². The van der Waals surface area contributed by atoms with Crippen molar-refractivity contribution in [1.29, 1.82) is 0 Å². The molecule has 0 heterocycles. The number of benzene rings is 1. The molecule has 0 unspecified atom stereocenters. The van der Waals surface area contributed by atoms with E-state index in [9.17, 15) is 4.79 Å². The van der Waals surface area contributed by atoms with E-state index in [0.717, 1.165) is 25.3 Å². The highest BCUT2D eigenvalue weighted by molar-refractivity contribution is 5.93. The molecule has 0 atom stereocenters. The monoisotopic (exact) mass is 264 g/mol. The molecule has 0 saturated heterocycles. The summed E-state index contributed by atoms with van der Waals surface area (Å²) in [4.78, 5) is 11.4. The molecule has 4 heteroatoms. The molecule has 0 aliphatic rings. The summed E-state index contributed by atoms with van der Waals surface area (Å²) in [7, 11) is 1.63. The molecule has 4 nitrogen and oxygen atoms in total. The lowest BCUT2D eigenvalue weighted by atomic mass is 10.1. The van der Waals surface area contributed by atoms with Crippen LogP contribution in [0.2, 0.25) is 0 Å². The van der Waals surface area contributed by atoms with Crippen LogP contribution >= 0.6 is 0 Å². The predicted molar refractivity (Wildman–Crippen MR) is 77.2 cm³/mol. The number of amides is 1. The zero-order valence-electron chi connectivity index (χ0n) is 12.2. The van der Waals surface area contributed by atoms with E-state index < -0.39 is 0 Å². The van der Waals surface area contributed by atoms with Gasteiger partial charge < -0.3 is 15.4 Å². The van der Waals surface area contributed by atoms with Crippen molar-refractivity contribution < 1.29 is 9.53 Å². The first-order valence-electron chi connectivity index (χ1n) is 6.64. The van der Waals surface area contributed by atoms with E-state index in [4.69, 9.17) is 4.74 Å². The van der Waals surface area contributed by atoms with Gasteiger partial charge in [-0.25, -0.2) is 0 Å². The molecule has 1 amide bonds. The molecule has 2 N–H and O–H groups in total. The molecule has 0 fully saturated rings. The van der Waals surface area contributed by atoms with Crippen molar-refractivity contribution in [2.45, 2.75) is 32.9 Å². The Morgan fingerprint density at radius 1 is 1.26 bits per heavy atom. The number of ether oxygens (including phenoxy) is 1. The van der Waals surface area contributed by atoms with Gasteiger partial charge >= 0.3 is 0 Å². The Morgan fingerprint density at radius 3 is 2.42 bits per heavy atom. The van der Waals surface area contributed by atoms with E-state index in [2.05, 4.69) is 24.5 Å². The number of hydrogen-bond acceptors (Lipinski definition) is 3. The van der Waals surface area contributed by atoms with Crippen LogP contribution in [0.5, 0.6) is 0 Å². The average Bonchev–Trinajstić information content (AvgIpc) is 2.38. The molecule has 19 heavy (non-hydrogen) atoms. The molecule has 0 aliphatic carbocycles. The second-order valence-corrected chi connectivity index (χ2v) is 5.07. The molecule has 0 radical (unpaired) electrons. The quantitative estimate of drug-likeness (QED) is 0.791. The average molecular weight is 264 g/mol. The highest BCUT2D eigenvalue weighted by atomic mass is 16.5. The lowest BCUT2D eigenvalue weighted by molar-refractivity contribution is -0.00897. The van der Waals surface area contributed by atoms with Crippen LogP contribution in [0.25, 0.3) is 0 Å². The van der Waals surface area contributed by atoms with Crippen LogP contribution in [0.15, 0.2) is 24.3 Å². The van der Waals surface area contributed by atoms with Crippen molar-refractivity contribution in [1.82, 2.24) is 10.6 Å². The maximum atomic E-state index is 11.4. The van der Waals surface area contributed by atoms with Gasteiger partial charge in [0.1, 0.15) is 0 Å². The first-order valence-corrected chi connectivity index (χ1v) is 6.64. The largest absolute Gasteiger partial charge is 0.375 e. The topological polar surface area (TPSA) is 50.4 Å². The van der Waals surface area contributed by atoms with Gasteiger partial charge in [-0.05, 0) is 38.5 Å². The molecule has 0 spiro atoms. The zero-order valence-corrected chi connectivity index (χ0v) is 12.2. The van der Waals surface area contributed by atoms with Gasteiger partial charge in [0.25, 0.3) is 5.91 Å². The van der Waals surface area contributed by atoms with Gasteiger partial charge in [0.15, 0.2) is 0 Å². The molecular weight excluding hydrogens is 240 g/mol. The first-order chi connectivity index (χ1) is 8.98. The number of hydrogen-bond donors (Lipinski definition) is 2. The Labute approximate surface area is 115 Å². The summed E-state index contributed by atoms with van der Waals surface area (Å²) in [6.07, 6.45) is 0. The van der Waals surface area contributed by atoms with Crippen LogP contribution in [0, 0.1) is 0 Å². The SMILES string of the molecule is CCOC(C)(C)CNCc1ccc(C(=O)NC)cc1. The molecule has 1 aromatic carbocycles. The lowest BCUT2D eigenvalue weighted by Crippen LogP contribution is -2.37. The van der Waals surface area contributed by atoms with Gasteiger partial charge in [-0.3, -0.25) is 4.79 Å². The number of carbonyl (C=O) groups excluding carboxylic acids is 1. The fourth-order valence-corrected chi connectivity index (χ4v) is 1.87. The van der Waals surface area contributed by atoms with E-state index >= 15 is 0 Å². The zero-order chi connectivity index (χ0) is 14.3. The minimum absolute atomic E-state index is 0.0583. The molecule has 1 aromatic rings. The van der Waals surface area contributed by atoms with Gasteiger partial charge in [0, 0.05) is 32.3 Å². The minimum atomic E-state index is -0.156. The summed E-state index contributed by atoms with van der Waals surface area (Å²) in [5.41, 5.74) is 1.68. The Hall–Kier alpha value is -1.39. The van der Waals surface area contributed by atoms with Gasteiger partial charge in [0.2, 0.25) is 0 Å². The third-order valence-corrected chi connectivity index (χ3v) is 2.86. The van der Waals surface area contributed by atoms with Crippen molar-refractivity contribution in [3.05, 3.63) is 35.4 Å². The molecular formula is C15H24N2O2. The fraction of sp³-hybridized carbons (Fsp3) is 0.533. The minimum Gasteiger partial charge on any atom is -0.375 e. The summed E-state index contributed by atoms with van der Waals surface area (Å²) in [5.74, 6) is -0.0583. The van der Waals surface area contributed by atoms with Crippen molar-refractivity contribution in [3.8, 4) is 0 Å². The highest BCUT2D eigenvalue weighted by Gasteiger charge is 2.16. The van der Waals surface area contributed by atoms with Gasteiger partial charge in [-0.2, -0.15) is 0 Å². The van der Waals surface area contributed by atoms with E-state index in [1.807, 2.05) is 31.2 Å². The van der Waals surface area contributed by atoms with E-state index in [1.165, 1.54) is 0 Å². The van der Waals surface area contributed by atoms with E-state index in [1.54, 1.807) is 7.05 Å². The molecule has 0 aromatic heterocycles. The maximum absolute atomic E-state index is 11.4. The Kier molecular flexibility index (Phi) is 5.99. The standard InChI is InChI=1S/C15H24N2O2/c1-5-19-15(2,3)11-17-10-12-6-8-13(9-7-12)14(18)16-4/h6-9,17H,5,10-11H2,1-4H3,(H,16,18). The number of carbonyl (C=O) groups is 1. The van der Waals surface area contributed by atoms with Crippen molar-refractivity contribution in [2.75, 3.05) is 20.2 Å². The molecule has 0 aliphatic heterocycles. The van der Waals surface area contributed by atoms with Crippen LogP contribution in [0.3, 0.4) is 0 Å². The summed E-state index contributed by atoms with van der Waals surface area (Å²) < 4.78 is 5.62. The number of rotatable bonds is 7. The molecule has 0 bridgehead atoms. The Morgan fingerprint density at radius 2 is 1.89 bits per heavy atom. The maximum Gasteiger partial charge on any atom is 0.251 e. The summed E-state index contributed by atoms with van der Waals surface area (Å²) in [6, 6.07) is 7.60. The summed E-state index contributed by atoms with van der Waals surface area (Å²) >= 11 is 0. The van der Waals surface area contributed by atoms with Crippen LogP contribution in [0.1, 0.15) is 36.7 Å². The summed E-state index contributed by atoms with van der Waals surface area (Å²) in [6.45, 7) is 8.41. The van der Waals surface area contributed by atoms with Gasteiger partial charge in [-0.15, -0.1) is 0 Å². The van der Waals surface area contributed by atoms with Crippen LogP contribution in [-0.2, 0) is 11.3 Å². The number of nitrogens with one attached hydrogen (secondary N) is 2. The second-order valence-electron chi connectivity index (χ2n) is 5.07. The van der Waals surface area contributed by atoms with Crippen molar-refractivity contribution in [2.24, 2.45) is 0 Å². The normalized spacial score (nSPS) is 11.4. The molecule has 1 rings (SSSR count). The van der Waals surface area contributed by atoms with Crippen molar-refractivity contribution in [3.63, 3.8) is 0 Å². The van der Waals surface area contributed by atoms with E-state index in [-0.39, 0.29) is 11.5 Å². The Bertz CT molecular complexity index is 399. The van der Waals surface area contributed by atoms with Crippen LogP contribution < -0.4 is 10.6 Å². The van der Waals surface area contributed by atoms with Gasteiger partial charge in [-0.1, -0.05) is 12.1 Å². The fourth-order valence-electron chi connectivity index (χ4n) is 1.87. The van der Waals surface area contributed by atoms with Crippen LogP contribution in [0.4, 0.5) is 0 Å². The molecule has 0 saturated carbocycles. The van der Waals surface area contributed by atoms with Crippen LogP contribution in [-0.4, -0.2) is 31.7 Å². The Balaban J connectivity index is 2.44. The first kappa shape index (κ1) is 15.7. The van der Waals surface area contributed by atoms with Crippen molar-refractivity contribution >= 4 is 5.91 Å². The smallest absolute Gasteiger partial charge is 0.251 e. The summed E-state index contributed by atoms with van der Waals surface area (Å²) in [5, 5.41) is 5.97.